The first-order chi connectivity index (χ1) is 9.81. The summed E-state index contributed by atoms with van der Waals surface area (Å²) in [5.41, 5.74) is 0.348. The molecular weight excluding hydrogens is 302 g/mol. The van der Waals surface area contributed by atoms with Gasteiger partial charge in [0.2, 0.25) is 10.0 Å². The van der Waals surface area contributed by atoms with E-state index >= 15 is 0 Å². The summed E-state index contributed by atoms with van der Waals surface area (Å²) in [6, 6.07) is 1.64. The molecule has 0 heterocycles. The van der Waals surface area contributed by atoms with Crippen molar-refractivity contribution in [1.82, 2.24) is 10.0 Å². The lowest BCUT2D eigenvalue weighted by Crippen LogP contribution is -2.34. The molecule has 0 fully saturated rings. The van der Waals surface area contributed by atoms with Gasteiger partial charge in [-0.05, 0) is 38.1 Å². The van der Waals surface area contributed by atoms with Gasteiger partial charge in [0.25, 0.3) is 0 Å². The van der Waals surface area contributed by atoms with E-state index in [-0.39, 0.29) is 6.54 Å². The summed E-state index contributed by atoms with van der Waals surface area (Å²) in [4.78, 5) is -0.683. The molecule has 0 aliphatic carbocycles. The second-order valence-corrected chi connectivity index (χ2v) is 6.41. The molecule has 0 aliphatic heterocycles. The first-order valence-electron chi connectivity index (χ1n) is 6.45. The average Bonchev–Trinajstić information content (AvgIpc) is 2.40. The number of nitrogens with one attached hydrogen (secondary N) is 2. The van der Waals surface area contributed by atoms with Crippen molar-refractivity contribution in [3.8, 4) is 0 Å². The number of benzene rings is 1. The molecule has 0 saturated heterocycles. The van der Waals surface area contributed by atoms with Crippen LogP contribution >= 0.6 is 0 Å². The summed E-state index contributed by atoms with van der Waals surface area (Å²) in [5.74, 6) is -2.56. The number of hydrogen-bond acceptors (Lipinski definition) is 4. The molecule has 2 N–H and O–H groups in total. The minimum Gasteiger partial charge on any atom is -0.385 e. The summed E-state index contributed by atoms with van der Waals surface area (Å²) in [5, 5.41) is 2.76. The number of ether oxygens (including phenoxy) is 1. The van der Waals surface area contributed by atoms with Crippen molar-refractivity contribution in [2.45, 2.75) is 30.8 Å². The van der Waals surface area contributed by atoms with E-state index in [4.69, 9.17) is 4.74 Å². The van der Waals surface area contributed by atoms with Crippen LogP contribution in [0.1, 0.15) is 18.9 Å². The fraction of sp³-hybridized carbons (Fsp3) is 0.538. The van der Waals surface area contributed by atoms with Crippen LogP contribution in [0.4, 0.5) is 8.78 Å². The van der Waals surface area contributed by atoms with E-state index in [9.17, 15) is 17.2 Å². The lowest BCUT2D eigenvalue weighted by Gasteiger charge is -2.15. The standard InChI is InChI=1S/C13H20F2N2O3S/c1-9(4-5-20-3)17-21(18,19)12-7-10(8-16-2)6-11(14)13(12)15/h6-7,9,16-17H,4-5,8H2,1-3H3. The molecule has 0 amide bonds. The molecule has 8 heteroatoms. The van der Waals surface area contributed by atoms with Gasteiger partial charge in [-0.3, -0.25) is 0 Å². The molecule has 0 spiro atoms. The summed E-state index contributed by atoms with van der Waals surface area (Å²) in [6.45, 7) is 2.22. The summed E-state index contributed by atoms with van der Waals surface area (Å²) in [6.07, 6.45) is 0.427. The van der Waals surface area contributed by atoms with E-state index in [0.29, 0.717) is 18.6 Å². The topological polar surface area (TPSA) is 67.4 Å². The van der Waals surface area contributed by atoms with Crippen molar-refractivity contribution < 1.29 is 21.9 Å². The highest BCUT2D eigenvalue weighted by Crippen LogP contribution is 2.20. The molecule has 1 rings (SSSR count). The Morgan fingerprint density at radius 2 is 2.00 bits per heavy atom. The van der Waals surface area contributed by atoms with Crippen molar-refractivity contribution in [2.24, 2.45) is 0 Å². The number of rotatable bonds is 8. The average molecular weight is 322 g/mol. The van der Waals surface area contributed by atoms with E-state index in [1.807, 2.05) is 0 Å². The maximum atomic E-state index is 13.8. The Balaban J connectivity index is 3.06. The van der Waals surface area contributed by atoms with Gasteiger partial charge in [-0.15, -0.1) is 0 Å². The molecule has 0 aliphatic rings. The Labute approximate surface area is 123 Å². The largest absolute Gasteiger partial charge is 0.385 e. The maximum absolute atomic E-state index is 13.8. The predicted octanol–water partition coefficient (Wildman–Crippen LogP) is 1.39. The van der Waals surface area contributed by atoms with Gasteiger partial charge >= 0.3 is 0 Å². The molecule has 5 nitrogen and oxygen atoms in total. The second-order valence-electron chi connectivity index (χ2n) is 4.72. The Kier molecular flexibility index (Phi) is 6.66. The zero-order valence-corrected chi connectivity index (χ0v) is 13.1. The van der Waals surface area contributed by atoms with Gasteiger partial charge in [0.1, 0.15) is 4.90 Å². The second kappa shape index (κ2) is 7.79. The van der Waals surface area contributed by atoms with Gasteiger partial charge in [-0.2, -0.15) is 0 Å². The van der Waals surface area contributed by atoms with Gasteiger partial charge in [-0.25, -0.2) is 21.9 Å². The third-order valence-corrected chi connectivity index (χ3v) is 4.43. The third kappa shape index (κ3) is 4.99. The molecule has 0 aromatic heterocycles. The summed E-state index contributed by atoms with van der Waals surface area (Å²) < 4.78 is 58.8. The van der Waals surface area contributed by atoms with Crippen LogP contribution in [0.2, 0.25) is 0 Å². The fourth-order valence-corrected chi connectivity index (χ4v) is 3.22. The third-order valence-electron chi connectivity index (χ3n) is 2.84. The normalized spacial score (nSPS) is 13.4. The number of hydrogen-bond donors (Lipinski definition) is 2. The van der Waals surface area contributed by atoms with Gasteiger partial charge in [0, 0.05) is 26.3 Å². The molecule has 1 aromatic rings. The monoisotopic (exact) mass is 322 g/mol. The Bertz CT molecular complexity index is 579. The molecule has 21 heavy (non-hydrogen) atoms. The van der Waals surface area contributed by atoms with Gasteiger partial charge < -0.3 is 10.1 Å². The zero-order valence-electron chi connectivity index (χ0n) is 12.2. The molecule has 0 bridgehead atoms. The van der Waals surface area contributed by atoms with E-state index in [0.717, 1.165) is 12.1 Å². The van der Waals surface area contributed by atoms with Crippen LogP contribution in [-0.4, -0.2) is 35.2 Å². The smallest absolute Gasteiger partial charge is 0.243 e. The summed E-state index contributed by atoms with van der Waals surface area (Å²) >= 11 is 0. The van der Waals surface area contributed by atoms with E-state index in [1.165, 1.54) is 7.11 Å². The highest BCUT2D eigenvalue weighted by atomic mass is 32.2. The van der Waals surface area contributed by atoms with Crippen LogP contribution in [0.3, 0.4) is 0 Å². The van der Waals surface area contributed by atoms with Gasteiger partial charge in [0.05, 0.1) is 0 Å². The minimum atomic E-state index is -4.13. The van der Waals surface area contributed by atoms with Crippen molar-refractivity contribution >= 4 is 10.0 Å². The van der Waals surface area contributed by atoms with E-state index < -0.39 is 32.6 Å². The summed E-state index contributed by atoms with van der Waals surface area (Å²) in [7, 11) is -1.01. The van der Waals surface area contributed by atoms with Crippen LogP contribution in [0.25, 0.3) is 0 Å². The number of halogens is 2. The molecule has 1 atom stereocenters. The lowest BCUT2D eigenvalue weighted by molar-refractivity contribution is 0.188. The van der Waals surface area contributed by atoms with E-state index in [1.54, 1.807) is 14.0 Å². The number of methoxy groups -OCH3 is 1. The minimum absolute atomic E-state index is 0.235. The van der Waals surface area contributed by atoms with Gasteiger partial charge in [0.15, 0.2) is 11.6 Å². The molecule has 0 saturated carbocycles. The molecule has 1 unspecified atom stereocenters. The molecule has 120 valence electrons. The van der Waals surface area contributed by atoms with Crippen molar-refractivity contribution in [1.29, 1.82) is 0 Å². The number of sulfonamides is 1. The highest BCUT2D eigenvalue weighted by Gasteiger charge is 2.24. The maximum Gasteiger partial charge on any atom is 0.243 e. The fourth-order valence-electron chi connectivity index (χ4n) is 1.80. The van der Waals surface area contributed by atoms with E-state index in [2.05, 4.69) is 10.0 Å². The van der Waals surface area contributed by atoms with Crippen molar-refractivity contribution in [3.63, 3.8) is 0 Å². The highest BCUT2D eigenvalue weighted by molar-refractivity contribution is 7.89. The Hall–Kier alpha value is -1.09. The van der Waals surface area contributed by atoms with Crippen LogP contribution in [-0.2, 0) is 21.3 Å². The Morgan fingerprint density at radius 1 is 1.33 bits per heavy atom. The van der Waals surface area contributed by atoms with Crippen molar-refractivity contribution in [2.75, 3.05) is 20.8 Å². The first-order valence-corrected chi connectivity index (χ1v) is 7.94. The quantitative estimate of drug-likeness (QED) is 0.759. The SMILES string of the molecule is CNCc1cc(F)c(F)c(S(=O)(=O)NC(C)CCOC)c1. The first kappa shape index (κ1) is 18.0. The Morgan fingerprint density at radius 3 is 2.57 bits per heavy atom. The van der Waals surface area contributed by atoms with Crippen LogP contribution in [0, 0.1) is 11.6 Å². The van der Waals surface area contributed by atoms with Crippen molar-refractivity contribution in [3.05, 3.63) is 29.3 Å². The zero-order chi connectivity index (χ0) is 16.0. The van der Waals surface area contributed by atoms with Crippen LogP contribution < -0.4 is 10.0 Å². The molecule has 0 radical (unpaired) electrons. The predicted molar refractivity (Wildman–Crippen MR) is 75.4 cm³/mol. The lowest BCUT2D eigenvalue weighted by atomic mass is 10.2. The molecular formula is C13H20F2N2O3S. The molecule has 1 aromatic carbocycles. The van der Waals surface area contributed by atoms with Crippen LogP contribution in [0.15, 0.2) is 17.0 Å². The van der Waals surface area contributed by atoms with Gasteiger partial charge in [-0.1, -0.05) is 0 Å². The van der Waals surface area contributed by atoms with Crippen LogP contribution in [0.5, 0.6) is 0 Å².